The van der Waals surface area contributed by atoms with E-state index in [0.717, 1.165) is 12.3 Å². The van der Waals surface area contributed by atoms with Crippen LogP contribution in [0, 0.1) is 0 Å². The molecule has 6 nitrogen and oxygen atoms in total. The molecule has 1 atom stereocenters. The Labute approximate surface area is 95.6 Å². The first-order chi connectivity index (χ1) is 7.90. The molecular formula is C9H13F2N3O3. The highest BCUT2D eigenvalue weighted by atomic mass is 19.3. The molecule has 1 unspecified atom stereocenters. The normalized spacial score (nSPS) is 13.6. The van der Waals surface area contributed by atoms with Gasteiger partial charge < -0.3 is 15.6 Å². The third-order valence-electron chi connectivity index (χ3n) is 2.19. The second-order valence-corrected chi connectivity index (χ2v) is 3.42. The number of aliphatic hydroxyl groups is 1. The topological polar surface area (TPSA) is 90.4 Å². The Morgan fingerprint density at radius 2 is 2.35 bits per heavy atom. The van der Waals surface area contributed by atoms with E-state index in [4.69, 9.17) is 10.8 Å². The van der Waals surface area contributed by atoms with Gasteiger partial charge in [0.15, 0.2) is 0 Å². The number of nitrogens with zero attached hydrogens (tertiary/aromatic N) is 2. The van der Waals surface area contributed by atoms with E-state index >= 15 is 0 Å². The van der Waals surface area contributed by atoms with Gasteiger partial charge in [-0.05, 0) is 6.07 Å². The van der Waals surface area contributed by atoms with Crippen molar-refractivity contribution in [3.8, 4) is 0 Å². The van der Waals surface area contributed by atoms with Gasteiger partial charge in [0.1, 0.15) is 5.82 Å². The number of nitrogens with two attached hydrogens (primary N) is 1. The van der Waals surface area contributed by atoms with Crippen LogP contribution in [-0.4, -0.2) is 34.5 Å². The summed E-state index contributed by atoms with van der Waals surface area (Å²) in [5.41, 5.74) is 4.04. The average Bonchev–Trinajstić information content (AvgIpc) is 2.25. The second-order valence-electron chi connectivity index (χ2n) is 3.42. The molecule has 0 bridgehead atoms. The van der Waals surface area contributed by atoms with Gasteiger partial charge >= 0.3 is 11.7 Å². The standard InChI is InChI=1S/C9H13F2N3O3/c1-17-6(5-15)4-9(10,11)14-3-2-7(12)13-8(14)16/h2-3,6,15H,4-5H2,1H3,(H2,12,13,16). The number of aliphatic hydroxyl groups excluding tert-OH is 1. The van der Waals surface area contributed by atoms with Gasteiger partial charge in [-0.2, -0.15) is 13.8 Å². The molecule has 3 N–H and O–H groups in total. The minimum atomic E-state index is -3.50. The lowest BCUT2D eigenvalue weighted by atomic mass is 10.2. The Kier molecular flexibility index (Phi) is 4.13. The van der Waals surface area contributed by atoms with Gasteiger partial charge in [-0.25, -0.2) is 9.36 Å². The molecule has 0 saturated carbocycles. The molecule has 96 valence electrons. The fourth-order valence-corrected chi connectivity index (χ4v) is 1.26. The van der Waals surface area contributed by atoms with Crippen molar-refractivity contribution in [2.45, 2.75) is 18.6 Å². The van der Waals surface area contributed by atoms with Crippen molar-refractivity contribution in [2.75, 3.05) is 19.5 Å². The summed E-state index contributed by atoms with van der Waals surface area (Å²) < 4.78 is 32.1. The van der Waals surface area contributed by atoms with Crippen LogP contribution < -0.4 is 11.4 Å². The molecule has 17 heavy (non-hydrogen) atoms. The van der Waals surface area contributed by atoms with Crippen molar-refractivity contribution in [2.24, 2.45) is 0 Å². The maximum Gasteiger partial charge on any atom is 0.354 e. The van der Waals surface area contributed by atoms with Crippen LogP contribution >= 0.6 is 0 Å². The molecule has 0 aliphatic rings. The fourth-order valence-electron chi connectivity index (χ4n) is 1.26. The molecule has 1 heterocycles. The zero-order valence-corrected chi connectivity index (χ0v) is 9.14. The maximum atomic E-state index is 13.7. The molecule has 0 spiro atoms. The zero-order valence-electron chi connectivity index (χ0n) is 9.14. The molecule has 0 radical (unpaired) electrons. The van der Waals surface area contributed by atoms with Gasteiger partial charge in [0.05, 0.1) is 19.1 Å². The van der Waals surface area contributed by atoms with E-state index in [1.54, 1.807) is 0 Å². The van der Waals surface area contributed by atoms with Crippen molar-refractivity contribution in [1.29, 1.82) is 0 Å². The van der Waals surface area contributed by atoms with Crippen LogP contribution in [0.1, 0.15) is 6.42 Å². The number of alkyl halides is 2. The Morgan fingerprint density at radius 3 is 2.82 bits per heavy atom. The zero-order chi connectivity index (χ0) is 13.1. The minimum absolute atomic E-state index is 0.132. The number of nitrogen functional groups attached to an aromatic ring is 1. The van der Waals surface area contributed by atoms with E-state index in [1.807, 2.05) is 0 Å². The van der Waals surface area contributed by atoms with Gasteiger partial charge in [-0.3, -0.25) is 0 Å². The second kappa shape index (κ2) is 5.19. The molecule has 0 fully saturated rings. The summed E-state index contributed by atoms with van der Waals surface area (Å²) in [5.74, 6) is -0.132. The molecule has 1 aromatic heterocycles. The van der Waals surface area contributed by atoms with Gasteiger partial charge in [-0.15, -0.1) is 0 Å². The van der Waals surface area contributed by atoms with E-state index in [9.17, 15) is 13.6 Å². The van der Waals surface area contributed by atoms with Gasteiger partial charge in [-0.1, -0.05) is 0 Å². The van der Waals surface area contributed by atoms with Gasteiger partial charge in [0.25, 0.3) is 0 Å². The van der Waals surface area contributed by atoms with Crippen molar-refractivity contribution >= 4 is 5.82 Å². The van der Waals surface area contributed by atoms with Crippen LogP contribution in [0.25, 0.3) is 0 Å². The van der Waals surface area contributed by atoms with Crippen molar-refractivity contribution in [1.82, 2.24) is 9.55 Å². The number of aromatic nitrogens is 2. The summed E-state index contributed by atoms with van der Waals surface area (Å²) in [6.45, 7) is -0.566. The van der Waals surface area contributed by atoms with Crippen molar-refractivity contribution < 1.29 is 18.6 Å². The lowest BCUT2D eigenvalue weighted by Crippen LogP contribution is -2.39. The van der Waals surface area contributed by atoms with Crippen LogP contribution in [0.4, 0.5) is 14.6 Å². The number of ether oxygens (including phenoxy) is 1. The highest BCUT2D eigenvalue weighted by Gasteiger charge is 2.35. The molecule has 1 aromatic rings. The Balaban J connectivity index is 3.00. The van der Waals surface area contributed by atoms with E-state index in [1.165, 1.54) is 7.11 Å². The number of anilines is 1. The van der Waals surface area contributed by atoms with Crippen molar-refractivity contribution in [3.05, 3.63) is 22.7 Å². The number of halogens is 2. The molecule has 1 rings (SSSR count). The highest BCUT2D eigenvalue weighted by molar-refractivity contribution is 5.23. The number of hydrogen-bond donors (Lipinski definition) is 2. The molecule has 0 aliphatic carbocycles. The molecular weight excluding hydrogens is 236 g/mol. The molecule has 8 heteroatoms. The Bertz CT molecular complexity index is 432. The van der Waals surface area contributed by atoms with E-state index in [2.05, 4.69) is 9.72 Å². The first-order valence-electron chi connectivity index (χ1n) is 4.78. The lowest BCUT2D eigenvalue weighted by Gasteiger charge is -2.22. The average molecular weight is 249 g/mol. The Hall–Kier alpha value is -1.54. The fraction of sp³-hybridized carbons (Fsp3) is 0.556. The van der Waals surface area contributed by atoms with Crippen LogP contribution in [0.2, 0.25) is 0 Å². The summed E-state index contributed by atoms with van der Waals surface area (Å²) in [5, 5.41) is 8.77. The molecule has 0 aromatic carbocycles. The summed E-state index contributed by atoms with van der Waals surface area (Å²) >= 11 is 0. The maximum absolute atomic E-state index is 13.7. The van der Waals surface area contributed by atoms with Crippen LogP contribution in [-0.2, 0) is 10.8 Å². The number of hydrogen-bond acceptors (Lipinski definition) is 5. The van der Waals surface area contributed by atoms with Gasteiger partial charge in [0.2, 0.25) is 0 Å². The SMILES string of the molecule is COC(CO)CC(F)(F)n1ccc(N)nc1=O. The van der Waals surface area contributed by atoms with Crippen LogP contribution in [0.15, 0.2) is 17.1 Å². The summed E-state index contributed by atoms with van der Waals surface area (Å²) in [7, 11) is 1.20. The van der Waals surface area contributed by atoms with Crippen LogP contribution in [0.3, 0.4) is 0 Å². The van der Waals surface area contributed by atoms with E-state index in [0.29, 0.717) is 0 Å². The largest absolute Gasteiger partial charge is 0.394 e. The summed E-state index contributed by atoms with van der Waals surface area (Å²) in [6, 6.07) is -2.41. The number of rotatable bonds is 5. The van der Waals surface area contributed by atoms with Gasteiger partial charge in [0, 0.05) is 13.3 Å². The summed E-state index contributed by atoms with van der Waals surface area (Å²) in [4.78, 5) is 14.4. The third kappa shape index (κ3) is 3.21. The predicted octanol–water partition coefficient (Wildman–Crippen LogP) is -0.228. The first-order valence-corrected chi connectivity index (χ1v) is 4.78. The quantitative estimate of drug-likeness (QED) is 0.752. The van der Waals surface area contributed by atoms with E-state index in [-0.39, 0.29) is 10.4 Å². The monoisotopic (exact) mass is 249 g/mol. The van der Waals surface area contributed by atoms with E-state index < -0.39 is 30.9 Å². The first kappa shape index (κ1) is 13.5. The number of methoxy groups -OCH3 is 1. The minimum Gasteiger partial charge on any atom is -0.394 e. The molecule has 0 saturated heterocycles. The highest BCUT2D eigenvalue weighted by Crippen LogP contribution is 2.25. The smallest absolute Gasteiger partial charge is 0.354 e. The van der Waals surface area contributed by atoms with Crippen molar-refractivity contribution in [3.63, 3.8) is 0 Å². The Morgan fingerprint density at radius 1 is 1.71 bits per heavy atom. The summed E-state index contributed by atoms with van der Waals surface area (Å²) in [6.07, 6.45) is -1.03. The predicted molar refractivity (Wildman–Crippen MR) is 55.6 cm³/mol. The molecule has 0 amide bonds. The van der Waals surface area contributed by atoms with Crippen LogP contribution in [0.5, 0.6) is 0 Å². The third-order valence-corrected chi connectivity index (χ3v) is 2.19. The lowest BCUT2D eigenvalue weighted by molar-refractivity contribution is -0.129. The molecule has 0 aliphatic heterocycles.